The van der Waals surface area contributed by atoms with Gasteiger partial charge in [0.2, 0.25) is 10.0 Å². The first kappa shape index (κ1) is 16.7. The van der Waals surface area contributed by atoms with Crippen molar-refractivity contribution in [1.29, 1.82) is 0 Å². The van der Waals surface area contributed by atoms with Gasteiger partial charge in [0.15, 0.2) is 0 Å². The van der Waals surface area contributed by atoms with Crippen LogP contribution >= 0.6 is 0 Å². The second kappa shape index (κ2) is 7.08. The molecule has 122 valence electrons. The number of nitrogens with zero attached hydrogens (tertiary/aromatic N) is 1. The first-order chi connectivity index (χ1) is 10.5. The maximum absolute atomic E-state index is 12.0. The van der Waals surface area contributed by atoms with E-state index in [4.69, 9.17) is 5.11 Å². The molecule has 0 saturated heterocycles. The van der Waals surface area contributed by atoms with Crippen molar-refractivity contribution in [3.05, 3.63) is 29.3 Å². The molecular formula is C14H21N3O4S. The lowest BCUT2D eigenvalue weighted by Crippen LogP contribution is -2.37. The summed E-state index contributed by atoms with van der Waals surface area (Å²) in [7, 11) is -3.21. The number of amides is 2. The molecule has 0 atom stereocenters. The zero-order valence-electron chi connectivity index (χ0n) is 12.5. The van der Waals surface area contributed by atoms with Crippen LogP contribution in [0.15, 0.2) is 18.2 Å². The second-order valence-corrected chi connectivity index (χ2v) is 7.29. The molecule has 3 N–H and O–H groups in total. The molecule has 2 amide bonds. The van der Waals surface area contributed by atoms with Crippen LogP contribution in [-0.4, -0.2) is 49.3 Å². The van der Waals surface area contributed by atoms with Crippen LogP contribution in [0.3, 0.4) is 0 Å². The lowest BCUT2D eigenvalue weighted by atomic mass is 9.99. The van der Waals surface area contributed by atoms with Crippen molar-refractivity contribution >= 4 is 21.7 Å². The Morgan fingerprint density at radius 3 is 2.86 bits per heavy atom. The van der Waals surface area contributed by atoms with Crippen molar-refractivity contribution in [3.63, 3.8) is 0 Å². The summed E-state index contributed by atoms with van der Waals surface area (Å²) in [6, 6.07) is 5.08. The average molecular weight is 327 g/mol. The average Bonchev–Trinajstić information content (AvgIpc) is 2.52. The van der Waals surface area contributed by atoms with E-state index in [1.165, 1.54) is 4.31 Å². The first-order valence-electron chi connectivity index (χ1n) is 7.22. The maximum atomic E-state index is 12.0. The summed E-state index contributed by atoms with van der Waals surface area (Å²) in [5.74, 6) is 0.0871. The second-order valence-electron chi connectivity index (χ2n) is 5.03. The molecule has 7 nitrogen and oxygen atoms in total. The Morgan fingerprint density at radius 1 is 1.41 bits per heavy atom. The summed E-state index contributed by atoms with van der Waals surface area (Å²) in [4.78, 5) is 11.7. The van der Waals surface area contributed by atoms with E-state index in [1.807, 2.05) is 6.07 Å². The Labute approximate surface area is 130 Å². The highest BCUT2D eigenvalue weighted by Gasteiger charge is 2.26. The number of urea groups is 1. The first-order valence-corrected chi connectivity index (χ1v) is 8.83. The van der Waals surface area contributed by atoms with Gasteiger partial charge in [-0.05, 0) is 30.5 Å². The van der Waals surface area contributed by atoms with Gasteiger partial charge in [0.1, 0.15) is 0 Å². The van der Waals surface area contributed by atoms with Gasteiger partial charge in [-0.1, -0.05) is 12.1 Å². The van der Waals surface area contributed by atoms with Gasteiger partial charge < -0.3 is 15.7 Å². The number of aliphatic hydroxyl groups excluding tert-OH is 1. The molecule has 0 aromatic heterocycles. The molecular weight excluding hydrogens is 306 g/mol. The van der Waals surface area contributed by atoms with Crippen molar-refractivity contribution < 1.29 is 18.3 Å². The van der Waals surface area contributed by atoms with Crippen LogP contribution < -0.4 is 10.6 Å². The standard InChI is InChI=1S/C14H21N3O4S/c1-2-22(20,21)17-8-6-12-11(10-17)4-3-5-13(12)16-14(19)15-7-9-18/h3-5,18H,2,6-10H2,1H3,(H2,15,16,19). The van der Waals surface area contributed by atoms with Crippen LogP contribution in [0.25, 0.3) is 0 Å². The Morgan fingerprint density at radius 2 is 2.18 bits per heavy atom. The lowest BCUT2D eigenvalue weighted by Gasteiger charge is -2.29. The largest absolute Gasteiger partial charge is 0.395 e. The molecule has 8 heteroatoms. The molecule has 0 unspecified atom stereocenters. The number of anilines is 1. The molecule has 1 aliphatic heterocycles. The monoisotopic (exact) mass is 327 g/mol. The van der Waals surface area contributed by atoms with E-state index in [2.05, 4.69) is 10.6 Å². The zero-order chi connectivity index (χ0) is 16.2. The van der Waals surface area contributed by atoms with Crippen LogP contribution in [0.4, 0.5) is 10.5 Å². The van der Waals surface area contributed by atoms with Gasteiger partial charge >= 0.3 is 6.03 Å². The van der Waals surface area contributed by atoms with Crippen molar-refractivity contribution in [1.82, 2.24) is 9.62 Å². The van der Waals surface area contributed by atoms with Crippen molar-refractivity contribution in [2.75, 3.05) is 30.8 Å². The molecule has 0 aliphatic carbocycles. The SMILES string of the molecule is CCS(=O)(=O)N1CCc2c(cccc2NC(=O)NCCO)C1. The highest BCUT2D eigenvalue weighted by Crippen LogP contribution is 2.27. The van der Waals surface area contributed by atoms with Crippen molar-refractivity contribution in [2.24, 2.45) is 0 Å². The predicted molar refractivity (Wildman–Crippen MR) is 84.1 cm³/mol. The number of nitrogens with one attached hydrogen (secondary N) is 2. The number of rotatable bonds is 5. The molecule has 0 spiro atoms. The van der Waals surface area contributed by atoms with E-state index < -0.39 is 10.0 Å². The van der Waals surface area contributed by atoms with Crippen LogP contribution in [0.1, 0.15) is 18.1 Å². The molecule has 2 rings (SSSR count). The number of hydrogen-bond acceptors (Lipinski definition) is 4. The summed E-state index contributed by atoms with van der Waals surface area (Å²) < 4.78 is 25.4. The third kappa shape index (κ3) is 3.76. The van der Waals surface area contributed by atoms with Crippen molar-refractivity contribution in [3.8, 4) is 0 Å². The van der Waals surface area contributed by atoms with Gasteiger partial charge in [0, 0.05) is 25.3 Å². The van der Waals surface area contributed by atoms with Crippen LogP contribution in [0, 0.1) is 0 Å². The minimum Gasteiger partial charge on any atom is -0.395 e. The highest BCUT2D eigenvalue weighted by molar-refractivity contribution is 7.89. The molecule has 0 saturated carbocycles. The quantitative estimate of drug-likeness (QED) is 0.734. The molecule has 22 heavy (non-hydrogen) atoms. The Hall–Kier alpha value is -1.64. The molecule has 1 aliphatic rings. The van der Waals surface area contributed by atoms with E-state index >= 15 is 0 Å². The van der Waals surface area contributed by atoms with Crippen LogP contribution in [0.5, 0.6) is 0 Å². The summed E-state index contributed by atoms with van der Waals surface area (Å²) in [6.45, 7) is 2.45. The fourth-order valence-corrected chi connectivity index (χ4v) is 3.53. The van der Waals surface area contributed by atoms with Gasteiger partial charge in [-0.2, -0.15) is 4.31 Å². The van der Waals surface area contributed by atoms with E-state index in [-0.39, 0.29) is 24.9 Å². The Bertz CT molecular complexity index is 645. The number of benzene rings is 1. The molecule has 0 radical (unpaired) electrons. The number of fused-ring (bicyclic) bond motifs is 1. The van der Waals surface area contributed by atoms with Gasteiger partial charge in [-0.25, -0.2) is 13.2 Å². The number of aliphatic hydroxyl groups is 1. The predicted octanol–water partition coefficient (Wildman–Crippen LogP) is 0.508. The normalized spacial score (nSPS) is 15.2. The van der Waals surface area contributed by atoms with Gasteiger partial charge in [0.25, 0.3) is 0 Å². The van der Waals surface area contributed by atoms with Gasteiger partial charge in [-0.15, -0.1) is 0 Å². The maximum Gasteiger partial charge on any atom is 0.319 e. The third-order valence-electron chi connectivity index (χ3n) is 3.63. The van der Waals surface area contributed by atoms with E-state index in [0.29, 0.717) is 25.2 Å². The molecule has 1 aromatic rings. The minimum atomic E-state index is -3.21. The Balaban J connectivity index is 2.15. The Kier molecular flexibility index (Phi) is 5.38. The zero-order valence-corrected chi connectivity index (χ0v) is 13.3. The molecule has 0 fully saturated rings. The number of carbonyl (C=O) groups is 1. The number of sulfonamides is 1. The molecule has 0 bridgehead atoms. The lowest BCUT2D eigenvalue weighted by molar-refractivity contribution is 0.244. The van der Waals surface area contributed by atoms with Crippen LogP contribution in [-0.2, 0) is 23.0 Å². The van der Waals surface area contributed by atoms with Gasteiger partial charge in [0.05, 0.1) is 12.4 Å². The van der Waals surface area contributed by atoms with Crippen molar-refractivity contribution in [2.45, 2.75) is 19.9 Å². The van der Waals surface area contributed by atoms with Crippen LogP contribution in [0.2, 0.25) is 0 Å². The number of carbonyl (C=O) groups excluding carboxylic acids is 1. The number of hydrogen-bond donors (Lipinski definition) is 3. The topological polar surface area (TPSA) is 98.7 Å². The molecule has 1 aromatic carbocycles. The fourth-order valence-electron chi connectivity index (χ4n) is 2.46. The van der Waals surface area contributed by atoms with E-state index in [1.54, 1.807) is 19.1 Å². The van der Waals surface area contributed by atoms with Gasteiger partial charge in [-0.3, -0.25) is 0 Å². The summed E-state index contributed by atoms with van der Waals surface area (Å²) in [5.41, 5.74) is 2.55. The minimum absolute atomic E-state index is 0.0871. The molecule has 1 heterocycles. The third-order valence-corrected chi connectivity index (χ3v) is 5.46. The fraction of sp³-hybridized carbons (Fsp3) is 0.500. The van der Waals surface area contributed by atoms with E-state index in [9.17, 15) is 13.2 Å². The summed E-state index contributed by atoms with van der Waals surface area (Å²) >= 11 is 0. The summed E-state index contributed by atoms with van der Waals surface area (Å²) in [5, 5.41) is 14.0. The van der Waals surface area contributed by atoms with E-state index in [0.717, 1.165) is 11.1 Å². The summed E-state index contributed by atoms with van der Waals surface area (Å²) in [6.07, 6.45) is 0.561. The highest BCUT2D eigenvalue weighted by atomic mass is 32.2. The smallest absolute Gasteiger partial charge is 0.319 e.